The second-order valence-electron chi connectivity index (χ2n) is 5.16. The summed E-state index contributed by atoms with van der Waals surface area (Å²) in [6, 6.07) is 16.5. The van der Waals surface area contributed by atoms with Crippen LogP contribution in [0.2, 0.25) is 0 Å². The van der Waals surface area contributed by atoms with E-state index >= 15 is 0 Å². The molecule has 131 valence electrons. The van der Waals surface area contributed by atoms with E-state index in [0.29, 0.717) is 0 Å². The SMILES string of the molecule is COc1ccccc1-c1ccccc1N=CC1CCC[N-]1.[Br][Ni+][Br]. The molecular weight excluding hydrogens is 479 g/mol. The van der Waals surface area contributed by atoms with Gasteiger partial charge < -0.3 is 10.1 Å². The molecule has 0 aliphatic carbocycles. The molecule has 0 bridgehead atoms. The molecule has 1 heterocycles. The van der Waals surface area contributed by atoms with Crippen LogP contribution in [0, 0.1) is 0 Å². The van der Waals surface area contributed by atoms with Crippen LogP contribution in [-0.4, -0.2) is 25.9 Å². The number of hydrogen-bond acceptors (Lipinski definition) is 2. The fraction of sp³-hybridized carbons (Fsp3) is 0.278. The van der Waals surface area contributed by atoms with Crippen LogP contribution in [0.25, 0.3) is 16.4 Å². The van der Waals surface area contributed by atoms with E-state index < -0.39 is 0 Å². The zero-order chi connectivity index (χ0) is 17.2. The zero-order valence-electron chi connectivity index (χ0n) is 13.3. The van der Waals surface area contributed by atoms with Gasteiger partial charge in [0, 0.05) is 11.1 Å². The molecule has 3 rings (SSSR count). The van der Waals surface area contributed by atoms with Crippen LogP contribution in [0.3, 0.4) is 0 Å². The van der Waals surface area contributed by atoms with Crippen molar-refractivity contribution in [1.82, 2.24) is 0 Å². The van der Waals surface area contributed by atoms with Crippen molar-refractivity contribution in [3.05, 3.63) is 53.8 Å². The third-order valence-electron chi connectivity index (χ3n) is 3.71. The van der Waals surface area contributed by atoms with Crippen molar-refractivity contribution in [2.24, 2.45) is 4.99 Å². The summed E-state index contributed by atoms with van der Waals surface area (Å²) in [5.41, 5.74) is 3.12. The Bertz CT molecular complexity index is 661. The van der Waals surface area contributed by atoms with Crippen molar-refractivity contribution in [3.8, 4) is 16.9 Å². The Kier molecular flexibility index (Phi) is 9.04. The van der Waals surface area contributed by atoms with Crippen LogP contribution in [0.5, 0.6) is 5.75 Å². The number of aliphatic imine (C=N–C) groups is 1. The summed E-state index contributed by atoms with van der Waals surface area (Å²) in [6.45, 7) is 0.963. The van der Waals surface area contributed by atoms with Gasteiger partial charge in [0.25, 0.3) is 0 Å². The van der Waals surface area contributed by atoms with Crippen LogP contribution >= 0.6 is 28.5 Å². The third kappa shape index (κ3) is 5.70. The Hall–Kier alpha value is -0.676. The summed E-state index contributed by atoms with van der Waals surface area (Å²) in [5, 5.41) is 4.51. The first-order valence-corrected chi connectivity index (χ1v) is 12.4. The van der Waals surface area contributed by atoms with Gasteiger partial charge in [-0.05, 0) is 18.3 Å². The first-order valence-electron chi connectivity index (χ1n) is 7.55. The first kappa shape index (κ1) is 19.6. The third-order valence-corrected chi connectivity index (χ3v) is 3.71. The van der Waals surface area contributed by atoms with Gasteiger partial charge in [0.1, 0.15) is 5.75 Å². The fourth-order valence-corrected chi connectivity index (χ4v) is 2.62. The van der Waals surface area contributed by atoms with Gasteiger partial charge in [-0.2, -0.15) is 0 Å². The first-order chi connectivity index (χ1) is 11.8. The molecule has 3 nitrogen and oxygen atoms in total. The number of benzene rings is 2. The normalized spacial score (nSPS) is 16.9. The van der Waals surface area contributed by atoms with E-state index in [0.717, 1.165) is 35.5 Å². The van der Waals surface area contributed by atoms with E-state index in [4.69, 9.17) is 4.74 Å². The van der Waals surface area contributed by atoms with Gasteiger partial charge in [0.05, 0.1) is 12.8 Å². The van der Waals surface area contributed by atoms with Crippen LogP contribution < -0.4 is 4.74 Å². The molecule has 2 aromatic rings. The Morgan fingerprint density at radius 2 is 1.79 bits per heavy atom. The Morgan fingerprint density at radius 3 is 2.46 bits per heavy atom. The van der Waals surface area contributed by atoms with Crippen LogP contribution in [0.15, 0.2) is 53.5 Å². The number of ether oxygens (including phenoxy) is 1. The number of methoxy groups -OCH3 is 1. The van der Waals surface area contributed by atoms with Gasteiger partial charge in [-0.1, -0.05) is 55.3 Å². The Balaban J connectivity index is 0.000000647. The second kappa shape index (κ2) is 11.0. The topological polar surface area (TPSA) is 35.7 Å². The number of nitrogens with zero attached hydrogens (tertiary/aromatic N) is 2. The minimum absolute atomic E-state index is 0.274. The molecule has 6 heteroatoms. The summed E-state index contributed by atoms with van der Waals surface area (Å²) in [4.78, 5) is 4.67. The summed E-state index contributed by atoms with van der Waals surface area (Å²) in [5.74, 6) is 0.866. The van der Waals surface area contributed by atoms with Crippen molar-refractivity contribution >= 4 is 40.4 Å². The second-order valence-corrected chi connectivity index (χ2v) is 10.1. The molecule has 0 radical (unpaired) electrons. The van der Waals surface area contributed by atoms with Crippen molar-refractivity contribution < 1.29 is 15.6 Å². The molecule has 1 fully saturated rings. The number of para-hydroxylation sites is 2. The number of rotatable bonds is 4. The Labute approximate surface area is 163 Å². The van der Waals surface area contributed by atoms with Gasteiger partial charge >= 0.3 is 39.3 Å². The molecule has 0 aromatic heterocycles. The van der Waals surface area contributed by atoms with Gasteiger partial charge in [-0.15, -0.1) is 6.54 Å². The average molecular weight is 498 g/mol. The molecule has 1 atom stereocenters. The van der Waals surface area contributed by atoms with Crippen molar-refractivity contribution in [1.29, 1.82) is 0 Å². The quantitative estimate of drug-likeness (QED) is 0.361. The van der Waals surface area contributed by atoms with Crippen LogP contribution in [0.4, 0.5) is 5.69 Å². The molecule has 1 aliphatic rings. The maximum absolute atomic E-state index is 5.46. The standard InChI is InChI=1S/C18H19N2O.2BrH.Ni/c1-21-18-11-5-3-9-16(18)15-8-2-4-10-17(15)20-13-14-7-6-12-19-14;;;/h2-5,8-11,13-14H,6-7,12H2,1H3;2*1H;/q-1;;;+3/p-2. The van der Waals surface area contributed by atoms with Crippen molar-refractivity contribution in [3.63, 3.8) is 0 Å². The number of hydrogen-bond donors (Lipinski definition) is 0. The molecule has 0 N–H and O–H groups in total. The van der Waals surface area contributed by atoms with Gasteiger partial charge in [0.2, 0.25) is 0 Å². The van der Waals surface area contributed by atoms with Gasteiger partial charge in [0.15, 0.2) is 0 Å². The molecular formula is C18H19Br2N2NiO. The van der Waals surface area contributed by atoms with E-state index in [9.17, 15) is 0 Å². The fourth-order valence-electron chi connectivity index (χ4n) is 2.62. The van der Waals surface area contributed by atoms with Crippen molar-refractivity contribution in [2.45, 2.75) is 18.9 Å². The average Bonchev–Trinajstić information content (AvgIpc) is 3.14. The summed E-state index contributed by atoms with van der Waals surface area (Å²) >= 11 is 6.00. The van der Waals surface area contributed by atoms with Crippen molar-refractivity contribution in [2.75, 3.05) is 13.7 Å². The predicted octanol–water partition coefficient (Wildman–Crippen LogP) is 6.29. The zero-order valence-corrected chi connectivity index (χ0v) is 17.4. The van der Waals surface area contributed by atoms with E-state index in [1.807, 2.05) is 42.6 Å². The predicted molar refractivity (Wildman–Crippen MR) is 106 cm³/mol. The van der Waals surface area contributed by atoms with Gasteiger partial charge in [-0.3, -0.25) is 4.99 Å². The molecule has 1 unspecified atom stereocenters. The van der Waals surface area contributed by atoms with E-state index in [2.05, 4.69) is 50.9 Å². The molecule has 1 aliphatic heterocycles. The minimum atomic E-state index is 0.274. The molecule has 2 aromatic carbocycles. The molecule has 0 saturated carbocycles. The van der Waals surface area contributed by atoms with E-state index in [1.165, 1.54) is 17.3 Å². The summed E-state index contributed by atoms with van der Waals surface area (Å²) in [6.07, 6.45) is 4.26. The van der Waals surface area contributed by atoms with Gasteiger partial charge in [-0.25, -0.2) is 0 Å². The molecule has 0 amide bonds. The van der Waals surface area contributed by atoms with E-state index in [1.54, 1.807) is 7.11 Å². The summed E-state index contributed by atoms with van der Waals surface area (Å²) in [7, 11) is 2.95. The van der Waals surface area contributed by atoms with E-state index in [-0.39, 0.29) is 6.04 Å². The maximum atomic E-state index is 5.46. The van der Waals surface area contributed by atoms with Crippen LogP contribution in [-0.2, 0) is 10.9 Å². The molecule has 24 heavy (non-hydrogen) atoms. The molecule has 0 spiro atoms. The van der Waals surface area contributed by atoms with Crippen LogP contribution in [0.1, 0.15) is 12.8 Å². The Morgan fingerprint density at radius 1 is 1.12 bits per heavy atom. The summed E-state index contributed by atoms with van der Waals surface area (Å²) < 4.78 is 5.46. The number of halogens is 2. The molecule has 1 saturated heterocycles. The monoisotopic (exact) mass is 495 g/mol.